The maximum Gasteiger partial charge on any atom is 0.256 e. The third-order valence-corrected chi connectivity index (χ3v) is 2.15. The molecule has 84 valence electrons. The smallest absolute Gasteiger partial charge is 0.256 e. The fraction of sp³-hybridized carbons (Fsp3) is 0.273. The van der Waals surface area contributed by atoms with Gasteiger partial charge in [-0.1, -0.05) is 11.6 Å². The number of amides is 1. The molecule has 0 heterocycles. The maximum absolute atomic E-state index is 11.7. The summed E-state index contributed by atoms with van der Waals surface area (Å²) in [5.41, 5.74) is -0.892. The van der Waals surface area contributed by atoms with Crippen LogP contribution >= 0.6 is 11.6 Å². The van der Waals surface area contributed by atoms with Crippen LogP contribution in [0.15, 0.2) is 18.2 Å². The SMILES string of the molecule is CC(C)(C#N)NC(=O)c1ccc(Cl)cc1O. The lowest BCUT2D eigenvalue weighted by atomic mass is 10.1. The molecule has 0 bridgehead atoms. The lowest BCUT2D eigenvalue weighted by molar-refractivity contribution is 0.0926. The fourth-order valence-corrected chi connectivity index (χ4v) is 1.24. The van der Waals surface area contributed by atoms with Crippen molar-refractivity contribution in [2.75, 3.05) is 0 Å². The average Bonchev–Trinajstić information content (AvgIpc) is 2.16. The van der Waals surface area contributed by atoms with Crippen LogP contribution < -0.4 is 5.32 Å². The summed E-state index contributed by atoms with van der Waals surface area (Å²) >= 11 is 5.64. The van der Waals surface area contributed by atoms with Crippen molar-refractivity contribution in [3.8, 4) is 11.8 Å². The molecule has 0 radical (unpaired) electrons. The second-order valence-corrected chi connectivity index (χ2v) is 4.29. The zero-order valence-electron chi connectivity index (χ0n) is 8.91. The van der Waals surface area contributed by atoms with Crippen molar-refractivity contribution in [1.82, 2.24) is 5.32 Å². The van der Waals surface area contributed by atoms with E-state index in [0.29, 0.717) is 5.02 Å². The van der Waals surface area contributed by atoms with E-state index in [4.69, 9.17) is 16.9 Å². The van der Waals surface area contributed by atoms with Crippen LogP contribution in [-0.2, 0) is 0 Å². The number of hydrogen-bond donors (Lipinski definition) is 2. The van der Waals surface area contributed by atoms with Crippen molar-refractivity contribution >= 4 is 17.5 Å². The van der Waals surface area contributed by atoms with E-state index in [9.17, 15) is 9.90 Å². The zero-order chi connectivity index (χ0) is 12.3. The van der Waals surface area contributed by atoms with E-state index in [1.807, 2.05) is 6.07 Å². The third-order valence-electron chi connectivity index (χ3n) is 1.91. The number of rotatable bonds is 2. The predicted octanol–water partition coefficient (Wildman–Crippen LogP) is 2.08. The molecule has 1 aromatic rings. The van der Waals surface area contributed by atoms with Crippen molar-refractivity contribution in [1.29, 1.82) is 5.26 Å². The molecule has 0 saturated carbocycles. The quantitative estimate of drug-likeness (QED) is 0.829. The molecule has 1 amide bonds. The van der Waals surface area contributed by atoms with Crippen LogP contribution in [0.3, 0.4) is 0 Å². The molecule has 16 heavy (non-hydrogen) atoms. The Kier molecular flexibility index (Phi) is 3.41. The summed E-state index contributed by atoms with van der Waals surface area (Å²) in [7, 11) is 0. The molecule has 0 aliphatic carbocycles. The van der Waals surface area contributed by atoms with Crippen LogP contribution in [0.4, 0.5) is 0 Å². The Bertz CT molecular complexity index is 464. The normalized spacial score (nSPS) is 10.6. The Hall–Kier alpha value is -1.73. The Morgan fingerprint density at radius 1 is 1.56 bits per heavy atom. The first-order chi connectivity index (χ1) is 7.35. The van der Waals surface area contributed by atoms with E-state index in [0.717, 1.165) is 0 Å². The number of benzene rings is 1. The van der Waals surface area contributed by atoms with Crippen LogP contribution in [-0.4, -0.2) is 16.6 Å². The zero-order valence-corrected chi connectivity index (χ0v) is 9.67. The van der Waals surface area contributed by atoms with Crippen molar-refractivity contribution in [2.24, 2.45) is 0 Å². The summed E-state index contributed by atoms with van der Waals surface area (Å²) in [5.74, 6) is -0.723. The molecular formula is C11H11ClN2O2. The summed E-state index contributed by atoms with van der Waals surface area (Å²) in [6.07, 6.45) is 0. The Morgan fingerprint density at radius 2 is 2.19 bits per heavy atom. The minimum Gasteiger partial charge on any atom is -0.507 e. The molecular weight excluding hydrogens is 228 g/mol. The van der Waals surface area contributed by atoms with Gasteiger partial charge in [0.05, 0.1) is 11.6 Å². The Labute approximate surface area is 98.5 Å². The fourth-order valence-electron chi connectivity index (χ4n) is 1.08. The highest BCUT2D eigenvalue weighted by molar-refractivity contribution is 6.30. The van der Waals surface area contributed by atoms with Gasteiger partial charge in [0, 0.05) is 5.02 Å². The van der Waals surface area contributed by atoms with Crippen molar-refractivity contribution in [2.45, 2.75) is 19.4 Å². The highest BCUT2D eigenvalue weighted by atomic mass is 35.5. The highest BCUT2D eigenvalue weighted by Gasteiger charge is 2.21. The number of hydrogen-bond acceptors (Lipinski definition) is 3. The Balaban J connectivity index is 2.95. The number of nitrogens with zero attached hydrogens (tertiary/aromatic N) is 1. The summed E-state index contributed by atoms with van der Waals surface area (Å²) in [6.45, 7) is 3.13. The van der Waals surface area contributed by atoms with E-state index in [1.54, 1.807) is 13.8 Å². The molecule has 0 saturated heterocycles. The van der Waals surface area contributed by atoms with Gasteiger partial charge in [-0.05, 0) is 32.0 Å². The largest absolute Gasteiger partial charge is 0.507 e. The molecule has 0 fully saturated rings. The third kappa shape index (κ3) is 2.88. The topological polar surface area (TPSA) is 73.1 Å². The van der Waals surface area contributed by atoms with Crippen LogP contribution in [0.2, 0.25) is 5.02 Å². The molecule has 0 aliphatic rings. The van der Waals surface area contributed by atoms with Crippen LogP contribution in [0, 0.1) is 11.3 Å². The number of nitrogens with one attached hydrogen (secondary N) is 1. The maximum atomic E-state index is 11.7. The molecule has 4 nitrogen and oxygen atoms in total. The average molecular weight is 239 g/mol. The minimum atomic E-state index is -0.983. The minimum absolute atomic E-state index is 0.0905. The summed E-state index contributed by atoms with van der Waals surface area (Å²) in [4.78, 5) is 11.7. The van der Waals surface area contributed by atoms with Gasteiger partial charge in [0.15, 0.2) is 0 Å². The molecule has 0 aliphatic heterocycles. The second-order valence-electron chi connectivity index (χ2n) is 3.85. The number of phenols is 1. The first-order valence-corrected chi connectivity index (χ1v) is 4.96. The van der Waals surface area contributed by atoms with E-state index >= 15 is 0 Å². The van der Waals surface area contributed by atoms with E-state index < -0.39 is 11.4 Å². The van der Waals surface area contributed by atoms with Crippen molar-refractivity contribution < 1.29 is 9.90 Å². The van der Waals surface area contributed by atoms with Crippen LogP contribution in [0.25, 0.3) is 0 Å². The van der Waals surface area contributed by atoms with E-state index in [-0.39, 0.29) is 11.3 Å². The molecule has 5 heteroatoms. The number of carbonyl (C=O) groups is 1. The number of carbonyl (C=O) groups excluding carboxylic acids is 1. The Morgan fingerprint density at radius 3 is 2.69 bits per heavy atom. The van der Waals surface area contributed by atoms with Crippen LogP contribution in [0.5, 0.6) is 5.75 Å². The van der Waals surface area contributed by atoms with Gasteiger partial charge in [-0.2, -0.15) is 5.26 Å². The number of phenolic OH excluding ortho intramolecular Hbond substituents is 1. The molecule has 0 atom stereocenters. The summed E-state index contributed by atoms with van der Waals surface area (Å²) < 4.78 is 0. The standard InChI is InChI=1S/C11H11ClN2O2/c1-11(2,6-13)14-10(16)8-4-3-7(12)5-9(8)15/h3-5,15H,1-2H3,(H,14,16). The molecule has 2 N–H and O–H groups in total. The summed E-state index contributed by atoms with van der Waals surface area (Å²) in [5, 5.41) is 21.1. The van der Waals surface area contributed by atoms with Crippen molar-refractivity contribution in [3.05, 3.63) is 28.8 Å². The lowest BCUT2D eigenvalue weighted by Crippen LogP contribution is -2.42. The number of nitriles is 1. The van der Waals surface area contributed by atoms with E-state index in [2.05, 4.69) is 5.32 Å². The van der Waals surface area contributed by atoms with Gasteiger partial charge in [0.1, 0.15) is 11.3 Å². The summed E-state index contributed by atoms with van der Waals surface area (Å²) in [6, 6.07) is 6.11. The van der Waals surface area contributed by atoms with E-state index in [1.165, 1.54) is 18.2 Å². The monoisotopic (exact) mass is 238 g/mol. The first-order valence-electron chi connectivity index (χ1n) is 4.58. The number of halogens is 1. The predicted molar refractivity (Wildman–Crippen MR) is 60.3 cm³/mol. The van der Waals surface area contributed by atoms with Crippen LogP contribution in [0.1, 0.15) is 24.2 Å². The van der Waals surface area contributed by atoms with Gasteiger partial charge >= 0.3 is 0 Å². The molecule has 0 spiro atoms. The lowest BCUT2D eigenvalue weighted by Gasteiger charge is -2.17. The van der Waals surface area contributed by atoms with Crippen molar-refractivity contribution in [3.63, 3.8) is 0 Å². The van der Waals surface area contributed by atoms with Gasteiger partial charge in [0.2, 0.25) is 0 Å². The second kappa shape index (κ2) is 4.42. The van der Waals surface area contributed by atoms with Gasteiger partial charge in [-0.15, -0.1) is 0 Å². The molecule has 0 unspecified atom stereocenters. The van der Waals surface area contributed by atoms with Gasteiger partial charge in [0.25, 0.3) is 5.91 Å². The van der Waals surface area contributed by atoms with Gasteiger partial charge < -0.3 is 10.4 Å². The first kappa shape index (κ1) is 12.3. The van der Waals surface area contributed by atoms with Gasteiger partial charge in [-0.3, -0.25) is 4.79 Å². The highest BCUT2D eigenvalue weighted by Crippen LogP contribution is 2.22. The molecule has 1 aromatic carbocycles. The van der Waals surface area contributed by atoms with Gasteiger partial charge in [-0.25, -0.2) is 0 Å². The number of aromatic hydroxyl groups is 1. The molecule has 0 aromatic heterocycles. The molecule has 1 rings (SSSR count).